The van der Waals surface area contributed by atoms with E-state index in [4.69, 9.17) is 10.8 Å². The Kier molecular flexibility index (Phi) is 4.49. The maximum atomic E-state index is 13.4. The van der Waals surface area contributed by atoms with Crippen LogP contribution in [0.2, 0.25) is 0 Å². The lowest BCUT2D eigenvalue weighted by Crippen LogP contribution is -2.37. The number of phenolic OH excluding ortho intramolecular Hbond substituents is 1. The Morgan fingerprint density at radius 1 is 1.19 bits per heavy atom. The number of hydrogen-bond donors (Lipinski definition) is 3. The van der Waals surface area contributed by atoms with Gasteiger partial charge in [-0.2, -0.15) is 0 Å². The van der Waals surface area contributed by atoms with Gasteiger partial charge in [0, 0.05) is 6.07 Å². The number of anilines is 1. The summed E-state index contributed by atoms with van der Waals surface area (Å²) in [5, 5.41) is 11.4. The van der Waals surface area contributed by atoms with Gasteiger partial charge in [0.05, 0.1) is 11.7 Å². The molecule has 2 aromatic rings. The van der Waals surface area contributed by atoms with E-state index in [0.29, 0.717) is 0 Å². The predicted molar refractivity (Wildman–Crippen MR) is 74.8 cm³/mol. The van der Waals surface area contributed by atoms with E-state index in [1.807, 2.05) is 0 Å². The molecule has 0 aliphatic carbocycles. The molecule has 0 fully saturated rings. The molecule has 0 bridgehead atoms. The minimum Gasteiger partial charge on any atom is -0.508 e. The lowest BCUT2D eigenvalue weighted by Gasteiger charge is -2.13. The summed E-state index contributed by atoms with van der Waals surface area (Å²) in [4.78, 5) is 11.9. The van der Waals surface area contributed by atoms with Crippen LogP contribution in [-0.2, 0) is 11.2 Å². The lowest BCUT2D eigenvalue weighted by atomic mass is 10.1. The summed E-state index contributed by atoms with van der Waals surface area (Å²) < 4.78 is 26.4. The number of amides is 1. The maximum absolute atomic E-state index is 13.4. The summed E-state index contributed by atoms with van der Waals surface area (Å²) in [6.45, 7) is 0. The number of halogens is 2. The van der Waals surface area contributed by atoms with Crippen LogP contribution in [0.1, 0.15) is 5.56 Å². The fourth-order valence-electron chi connectivity index (χ4n) is 1.80. The lowest BCUT2D eigenvalue weighted by molar-refractivity contribution is -0.117. The van der Waals surface area contributed by atoms with Crippen LogP contribution in [-0.4, -0.2) is 17.1 Å². The van der Waals surface area contributed by atoms with Crippen molar-refractivity contribution in [1.29, 1.82) is 0 Å². The van der Waals surface area contributed by atoms with Crippen LogP contribution >= 0.6 is 0 Å². The highest BCUT2D eigenvalue weighted by Crippen LogP contribution is 2.16. The summed E-state index contributed by atoms with van der Waals surface area (Å²) in [5.41, 5.74) is 6.23. The van der Waals surface area contributed by atoms with Crippen molar-refractivity contribution in [2.45, 2.75) is 12.5 Å². The molecule has 0 radical (unpaired) electrons. The van der Waals surface area contributed by atoms with Gasteiger partial charge in [-0.05, 0) is 36.2 Å². The number of rotatable bonds is 4. The first-order valence-corrected chi connectivity index (χ1v) is 6.25. The highest BCUT2D eigenvalue weighted by molar-refractivity contribution is 5.94. The van der Waals surface area contributed by atoms with E-state index in [1.54, 1.807) is 12.1 Å². The molecule has 1 amide bonds. The van der Waals surface area contributed by atoms with Gasteiger partial charge in [-0.3, -0.25) is 4.79 Å². The number of nitrogens with two attached hydrogens (primary N) is 1. The van der Waals surface area contributed by atoms with Crippen molar-refractivity contribution in [3.8, 4) is 5.75 Å². The fourth-order valence-corrected chi connectivity index (χ4v) is 1.80. The van der Waals surface area contributed by atoms with Gasteiger partial charge in [-0.25, -0.2) is 8.78 Å². The number of hydrogen-bond acceptors (Lipinski definition) is 3. The summed E-state index contributed by atoms with van der Waals surface area (Å²) in [6.07, 6.45) is 0.211. The second-order valence-electron chi connectivity index (χ2n) is 4.59. The molecule has 4 N–H and O–H groups in total. The van der Waals surface area contributed by atoms with Crippen LogP contribution in [0.4, 0.5) is 14.5 Å². The summed E-state index contributed by atoms with van der Waals surface area (Å²) >= 11 is 0. The first-order valence-electron chi connectivity index (χ1n) is 6.25. The molecule has 110 valence electrons. The first-order chi connectivity index (χ1) is 9.95. The van der Waals surface area contributed by atoms with Crippen LogP contribution in [0.25, 0.3) is 0 Å². The quantitative estimate of drug-likeness (QED) is 0.808. The molecule has 0 saturated carbocycles. The monoisotopic (exact) mass is 292 g/mol. The van der Waals surface area contributed by atoms with E-state index >= 15 is 0 Å². The van der Waals surface area contributed by atoms with Gasteiger partial charge in [0.1, 0.15) is 17.4 Å². The van der Waals surface area contributed by atoms with Gasteiger partial charge in [0.15, 0.2) is 0 Å². The Bertz CT molecular complexity index is 645. The van der Waals surface area contributed by atoms with Crippen molar-refractivity contribution in [1.82, 2.24) is 0 Å². The van der Waals surface area contributed by atoms with E-state index in [-0.39, 0.29) is 17.9 Å². The number of benzene rings is 2. The minimum atomic E-state index is -0.919. The van der Waals surface area contributed by atoms with Gasteiger partial charge in [0.25, 0.3) is 0 Å². The molecule has 1 atom stereocenters. The highest BCUT2D eigenvalue weighted by Gasteiger charge is 2.16. The number of aromatic hydroxyl groups is 1. The summed E-state index contributed by atoms with van der Waals surface area (Å²) in [5.74, 6) is -1.90. The molecule has 0 aromatic heterocycles. The van der Waals surface area contributed by atoms with Crippen LogP contribution in [0.3, 0.4) is 0 Å². The molecular formula is C15H14F2N2O2. The molecule has 0 aliphatic rings. The number of carbonyl (C=O) groups is 1. The Morgan fingerprint density at radius 2 is 1.86 bits per heavy atom. The largest absolute Gasteiger partial charge is 0.508 e. The predicted octanol–water partition coefficient (Wildman–Crippen LogP) is 2.18. The average Bonchev–Trinajstić information content (AvgIpc) is 2.45. The molecule has 0 spiro atoms. The van der Waals surface area contributed by atoms with Crippen LogP contribution < -0.4 is 11.1 Å². The molecule has 21 heavy (non-hydrogen) atoms. The molecule has 6 heteroatoms. The number of nitrogens with one attached hydrogen (secondary N) is 1. The minimum absolute atomic E-state index is 0.110. The van der Waals surface area contributed by atoms with Crippen LogP contribution in [0.15, 0.2) is 42.5 Å². The SMILES string of the molecule is NC(Cc1ccc(O)cc1)C(=O)Nc1cc(F)ccc1F. The van der Waals surface area contributed by atoms with Crippen LogP contribution in [0.5, 0.6) is 5.75 Å². The van der Waals surface area contributed by atoms with Gasteiger partial charge in [-0.1, -0.05) is 12.1 Å². The van der Waals surface area contributed by atoms with E-state index in [0.717, 1.165) is 23.8 Å². The van der Waals surface area contributed by atoms with Crippen molar-refractivity contribution in [3.63, 3.8) is 0 Å². The number of phenols is 1. The summed E-state index contributed by atoms with van der Waals surface area (Å²) in [7, 11) is 0. The zero-order valence-corrected chi connectivity index (χ0v) is 11.0. The average molecular weight is 292 g/mol. The molecule has 2 rings (SSSR count). The van der Waals surface area contributed by atoms with E-state index in [9.17, 15) is 13.6 Å². The molecular weight excluding hydrogens is 278 g/mol. The van der Waals surface area contributed by atoms with Gasteiger partial charge in [0.2, 0.25) is 5.91 Å². The smallest absolute Gasteiger partial charge is 0.241 e. The van der Waals surface area contributed by atoms with E-state index in [2.05, 4.69) is 5.32 Å². The fraction of sp³-hybridized carbons (Fsp3) is 0.133. The molecule has 0 heterocycles. The number of carbonyl (C=O) groups excluding carboxylic acids is 1. The van der Waals surface area contributed by atoms with Crippen LogP contribution in [0, 0.1) is 11.6 Å². The van der Waals surface area contributed by atoms with Gasteiger partial charge >= 0.3 is 0 Å². The maximum Gasteiger partial charge on any atom is 0.241 e. The third kappa shape index (κ3) is 4.00. The Morgan fingerprint density at radius 3 is 2.52 bits per heavy atom. The standard InChI is InChI=1S/C15H14F2N2O2/c16-10-3-6-12(17)14(8-10)19-15(21)13(18)7-9-1-4-11(20)5-2-9/h1-6,8,13,20H,7,18H2,(H,19,21). The first kappa shape index (κ1) is 14.9. The second kappa shape index (κ2) is 6.32. The summed E-state index contributed by atoms with van der Waals surface area (Å²) in [6, 6.07) is 8.07. The third-order valence-corrected chi connectivity index (χ3v) is 2.92. The van der Waals surface area contributed by atoms with E-state index in [1.165, 1.54) is 12.1 Å². The highest BCUT2D eigenvalue weighted by atomic mass is 19.1. The Balaban J connectivity index is 2.02. The molecule has 4 nitrogen and oxygen atoms in total. The van der Waals surface area contributed by atoms with Crippen molar-refractivity contribution in [2.24, 2.45) is 5.73 Å². The molecule has 2 aromatic carbocycles. The zero-order valence-electron chi connectivity index (χ0n) is 11.0. The zero-order chi connectivity index (χ0) is 15.4. The van der Waals surface area contributed by atoms with Gasteiger partial charge < -0.3 is 16.2 Å². The normalized spacial score (nSPS) is 12.0. The van der Waals surface area contributed by atoms with Crippen molar-refractivity contribution in [3.05, 3.63) is 59.7 Å². The molecule has 1 unspecified atom stereocenters. The van der Waals surface area contributed by atoms with Crippen molar-refractivity contribution >= 4 is 11.6 Å². The molecule has 0 saturated heterocycles. The van der Waals surface area contributed by atoms with E-state index < -0.39 is 23.6 Å². The van der Waals surface area contributed by atoms with Crippen molar-refractivity contribution in [2.75, 3.05) is 5.32 Å². The molecule has 0 aliphatic heterocycles. The topological polar surface area (TPSA) is 75.3 Å². The van der Waals surface area contributed by atoms with Gasteiger partial charge in [-0.15, -0.1) is 0 Å². The van der Waals surface area contributed by atoms with Crippen molar-refractivity contribution < 1.29 is 18.7 Å². The third-order valence-electron chi connectivity index (χ3n) is 2.92. The Labute approximate surface area is 120 Å². The second-order valence-corrected chi connectivity index (χ2v) is 4.59. The Hall–Kier alpha value is -2.47.